The van der Waals surface area contributed by atoms with Crippen molar-refractivity contribution in [3.8, 4) is 0 Å². The second kappa shape index (κ2) is 4.87. The van der Waals surface area contributed by atoms with Gasteiger partial charge in [-0.3, -0.25) is 4.21 Å². The minimum absolute atomic E-state index is 0.662. The number of nitrogen functional groups attached to an aromatic ring is 1. The van der Waals surface area contributed by atoms with Crippen molar-refractivity contribution in [3.05, 3.63) is 24.3 Å². The molecule has 0 aliphatic rings. The monoisotopic (exact) mass is 198 g/mol. The van der Waals surface area contributed by atoms with E-state index in [1.807, 2.05) is 24.3 Å². The van der Waals surface area contributed by atoms with Gasteiger partial charge in [-0.25, -0.2) is 0 Å². The van der Waals surface area contributed by atoms with Gasteiger partial charge in [0.25, 0.3) is 0 Å². The topological polar surface area (TPSA) is 55.1 Å². The summed E-state index contributed by atoms with van der Waals surface area (Å²) in [6.45, 7) is 0.715. The molecule has 0 aromatic heterocycles. The van der Waals surface area contributed by atoms with E-state index in [1.54, 1.807) is 6.26 Å². The molecule has 0 aliphatic carbocycles. The Labute approximate surface area is 80.8 Å². The van der Waals surface area contributed by atoms with Gasteiger partial charge in [-0.15, -0.1) is 0 Å². The van der Waals surface area contributed by atoms with E-state index in [-0.39, 0.29) is 0 Å². The summed E-state index contributed by atoms with van der Waals surface area (Å²) in [4.78, 5) is 0. The Morgan fingerprint density at radius 2 is 2.31 bits per heavy atom. The van der Waals surface area contributed by atoms with Crippen molar-refractivity contribution in [1.29, 1.82) is 0 Å². The third kappa shape index (κ3) is 3.94. The minimum atomic E-state index is -0.738. The van der Waals surface area contributed by atoms with Crippen molar-refractivity contribution < 1.29 is 4.21 Å². The summed E-state index contributed by atoms with van der Waals surface area (Å²) in [6.07, 6.45) is 1.70. The summed E-state index contributed by atoms with van der Waals surface area (Å²) < 4.78 is 10.7. The molecular weight excluding hydrogens is 184 g/mol. The fraction of sp³-hybridized carbons (Fsp3) is 0.333. The van der Waals surface area contributed by atoms with E-state index in [9.17, 15) is 4.21 Å². The van der Waals surface area contributed by atoms with Crippen LogP contribution in [0.5, 0.6) is 0 Å². The molecule has 0 fully saturated rings. The first kappa shape index (κ1) is 10.1. The van der Waals surface area contributed by atoms with E-state index >= 15 is 0 Å². The molecule has 3 N–H and O–H groups in total. The van der Waals surface area contributed by atoms with Crippen LogP contribution in [0.4, 0.5) is 11.4 Å². The van der Waals surface area contributed by atoms with Gasteiger partial charge in [0, 0.05) is 40.7 Å². The summed E-state index contributed by atoms with van der Waals surface area (Å²) in [6, 6.07) is 7.53. The van der Waals surface area contributed by atoms with Crippen molar-refractivity contribution in [2.45, 2.75) is 0 Å². The molecular formula is C9H14N2OS. The Bertz CT molecular complexity index is 301. The molecule has 3 nitrogen and oxygen atoms in total. The first-order valence-electron chi connectivity index (χ1n) is 4.08. The number of benzene rings is 1. The number of rotatable bonds is 4. The standard InChI is InChI=1S/C9H14N2OS/c1-13(12)6-5-11-9-4-2-3-8(10)7-9/h2-4,7,11H,5-6,10H2,1H3. The first-order chi connectivity index (χ1) is 6.18. The van der Waals surface area contributed by atoms with Crippen molar-refractivity contribution in [2.24, 2.45) is 0 Å². The molecule has 1 aromatic rings. The first-order valence-corrected chi connectivity index (χ1v) is 5.80. The predicted molar refractivity (Wildman–Crippen MR) is 58.3 cm³/mol. The Morgan fingerprint density at radius 1 is 1.54 bits per heavy atom. The van der Waals surface area contributed by atoms with Gasteiger partial charge in [0.2, 0.25) is 0 Å². The van der Waals surface area contributed by atoms with Gasteiger partial charge < -0.3 is 11.1 Å². The quantitative estimate of drug-likeness (QED) is 0.711. The number of nitrogens with one attached hydrogen (secondary N) is 1. The average molecular weight is 198 g/mol. The molecule has 0 aliphatic heterocycles. The molecule has 0 saturated carbocycles. The lowest BCUT2D eigenvalue weighted by Crippen LogP contribution is -2.09. The van der Waals surface area contributed by atoms with Crippen molar-refractivity contribution in [3.63, 3.8) is 0 Å². The van der Waals surface area contributed by atoms with Crippen LogP contribution < -0.4 is 11.1 Å². The molecule has 1 atom stereocenters. The minimum Gasteiger partial charge on any atom is -0.399 e. The van der Waals surface area contributed by atoms with Crippen LogP contribution in [0.1, 0.15) is 0 Å². The largest absolute Gasteiger partial charge is 0.399 e. The zero-order valence-electron chi connectivity index (χ0n) is 7.62. The zero-order chi connectivity index (χ0) is 9.68. The maximum absolute atomic E-state index is 10.7. The molecule has 0 amide bonds. The molecule has 13 heavy (non-hydrogen) atoms. The fourth-order valence-electron chi connectivity index (χ4n) is 0.988. The van der Waals surface area contributed by atoms with Crippen molar-refractivity contribution >= 4 is 22.2 Å². The average Bonchev–Trinajstić information content (AvgIpc) is 2.03. The Morgan fingerprint density at radius 3 is 2.92 bits per heavy atom. The molecule has 0 radical (unpaired) electrons. The summed E-state index contributed by atoms with van der Waals surface area (Å²) in [7, 11) is -0.738. The van der Waals surface area contributed by atoms with Crippen molar-refractivity contribution in [1.82, 2.24) is 0 Å². The van der Waals surface area contributed by atoms with E-state index in [0.29, 0.717) is 12.3 Å². The van der Waals surface area contributed by atoms with Gasteiger partial charge in [0.1, 0.15) is 0 Å². The highest BCUT2D eigenvalue weighted by Gasteiger charge is 1.93. The molecule has 0 bridgehead atoms. The molecule has 4 heteroatoms. The van der Waals surface area contributed by atoms with Crippen LogP contribution >= 0.6 is 0 Å². The third-order valence-electron chi connectivity index (χ3n) is 1.61. The molecule has 1 rings (SSSR count). The summed E-state index contributed by atoms with van der Waals surface area (Å²) in [5.41, 5.74) is 7.31. The van der Waals surface area contributed by atoms with Gasteiger partial charge in [0.05, 0.1) is 0 Å². The van der Waals surface area contributed by atoms with Gasteiger partial charge in [-0.05, 0) is 18.2 Å². The fourth-order valence-corrected chi connectivity index (χ4v) is 1.38. The number of hydrogen-bond donors (Lipinski definition) is 2. The van der Waals surface area contributed by atoms with Gasteiger partial charge in [0.15, 0.2) is 0 Å². The highest BCUT2D eigenvalue weighted by molar-refractivity contribution is 7.84. The molecule has 72 valence electrons. The highest BCUT2D eigenvalue weighted by atomic mass is 32.2. The number of anilines is 2. The van der Waals surface area contributed by atoms with Crippen LogP contribution in [-0.4, -0.2) is 22.8 Å². The Hall–Kier alpha value is -1.03. The molecule has 1 aromatic carbocycles. The molecule has 0 saturated heterocycles. The summed E-state index contributed by atoms with van der Waals surface area (Å²) >= 11 is 0. The van der Waals surface area contributed by atoms with Gasteiger partial charge >= 0.3 is 0 Å². The lowest BCUT2D eigenvalue weighted by Gasteiger charge is -2.05. The van der Waals surface area contributed by atoms with Crippen LogP contribution in [0.3, 0.4) is 0 Å². The summed E-state index contributed by atoms with van der Waals surface area (Å²) in [5, 5.41) is 3.14. The van der Waals surface area contributed by atoms with Crippen LogP contribution in [0.2, 0.25) is 0 Å². The third-order valence-corrected chi connectivity index (χ3v) is 2.38. The van der Waals surface area contributed by atoms with Gasteiger partial charge in [-0.1, -0.05) is 6.07 Å². The SMILES string of the molecule is CS(=O)CCNc1cccc(N)c1. The normalized spacial score (nSPS) is 12.4. The van der Waals surface area contributed by atoms with E-state index in [2.05, 4.69) is 5.32 Å². The maximum atomic E-state index is 10.7. The van der Waals surface area contributed by atoms with E-state index in [0.717, 1.165) is 11.4 Å². The van der Waals surface area contributed by atoms with Gasteiger partial charge in [-0.2, -0.15) is 0 Å². The second-order valence-electron chi connectivity index (χ2n) is 2.83. The van der Waals surface area contributed by atoms with E-state index in [1.165, 1.54) is 0 Å². The lowest BCUT2D eigenvalue weighted by molar-refractivity contribution is 0.687. The van der Waals surface area contributed by atoms with Crippen LogP contribution in [0.15, 0.2) is 24.3 Å². The number of hydrogen-bond acceptors (Lipinski definition) is 3. The zero-order valence-corrected chi connectivity index (χ0v) is 8.43. The highest BCUT2D eigenvalue weighted by Crippen LogP contribution is 2.10. The predicted octanol–water partition coefficient (Wildman–Crippen LogP) is 1.06. The number of nitrogens with two attached hydrogens (primary N) is 1. The van der Waals surface area contributed by atoms with E-state index in [4.69, 9.17) is 5.73 Å². The molecule has 1 unspecified atom stereocenters. The lowest BCUT2D eigenvalue weighted by atomic mass is 10.3. The maximum Gasteiger partial charge on any atom is 0.0405 e. The van der Waals surface area contributed by atoms with Crippen LogP contribution in [0, 0.1) is 0 Å². The summed E-state index contributed by atoms with van der Waals surface area (Å²) in [5.74, 6) is 0.662. The van der Waals surface area contributed by atoms with Crippen LogP contribution in [-0.2, 0) is 10.8 Å². The van der Waals surface area contributed by atoms with Crippen LogP contribution in [0.25, 0.3) is 0 Å². The second-order valence-corrected chi connectivity index (χ2v) is 4.38. The Balaban J connectivity index is 2.41. The molecule has 0 spiro atoms. The molecule has 0 heterocycles. The Kier molecular flexibility index (Phi) is 3.76. The van der Waals surface area contributed by atoms with Crippen molar-refractivity contribution in [2.75, 3.05) is 29.6 Å². The smallest absolute Gasteiger partial charge is 0.0405 e. The van der Waals surface area contributed by atoms with E-state index < -0.39 is 10.8 Å².